The number of halogens is 4. The third-order valence-electron chi connectivity index (χ3n) is 4.94. The Labute approximate surface area is 168 Å². The van der Waals surface area contributed by atoms with Crippen LogP contribution in [0.5, 0.6) is 5.75 Å². The molecule has 1 aromatic heterocycles. The van der Waals surface area contributed by atoms with Crippen LogP contribution < -0.4 is 0 Å². The number of phenols is 1. The lowest BCUT2D eigenvalue weighted by molar-refractivity contribution is 0.0780. The Bertz CT molecular complexity index is 1090. The molecule has 1 aliphatic heterocycles. The first-order chi connectivity index (χ1) is 13.8. The monoisotopic (exact) mass is 422 g/mol. The molecule has 1 saturated heterocycles. The second-order valence-electron chi connectivity index (χ2n) is 6.75. The molecule has 1 N–H and O–H groups in total. The van der Waals surface area contributed by atoms with E-state index in [1.807, 2.05) is 12.1 Å². The Hall–Kier alpha value is -3.00. The number of carbonyl (C=O) groups excluding carboxylic acids is 1. The standard InChI is InChI=1S/C20H14ClF3N2O3/c21-12-3-1-10(2-4-12)11-5-6-26(9-11)20(28)15-8-16(29-25-15)13-7-14(22)18(24)19(27)17(13)23/h1-4,7-8,11,27H,5-6,9H2/t11-/m0/s1. The molecule has 4 rings (SSSR count). The zero-order chi connectivity index (χ0) is 20.7. The number of hydrogen-bond donors (Lipinski definition) is 1. The molecule has 0 saturated carbocycles. The fraction of sp³-hybridized carbons (Fsp3) is 0.200. The summed E-state index contributed by atoms with van der Waals surface area (Å²) >= 11 is 5.90. The molecule has 5 nitrogen and oxygen atoms in total. The smallest absolute Gasteiger partial charge is 0.276 e. The fourth-order valence-corrected chi connectivity index (χ4v) is 3.51. The Balaban J connectivity index is 1.53. The van der Waals surface area contributed by atoms with Gasteiger partial charge in [-0.2, -0.15) is 4.39 Å². The van der Waals surface area contributed by atoms with Crippen LogP contribution in [0.25, 0.3) is 11.3 Å². The highest BCUT2D eigenvalue weighted by atomic mass is 35.5. The van der Waals surface area contributed by atoms with Gasteiger partial charge in [-0.3, -0.25) is 4.79 Å². The summed E-state index contributed by atoms with van der Waals surface area (Å²) in [7, 11) is 0. The SMILES string of the molecule is O=C(c1cc(-c2cc(F)c(F)c(O)c2F)on1)N1CC[C@H](c2ccc(Cl)cc2)C1. The maximum atomic E-state index is 14.1. The highest BCUT2D eigenvalue weighted by Crippen LogP contribution is 2.34. The summed E-state index contributed by atoms with van der Waals surface area (Å²) in [5.41, 5.74) is 0.429. The van der Waals surface area contributed by atoms with Gasteiger partial charge in [0.25, 0.3) is 5.91 Å². The van der Waals surface area contributed by atoms with E-state index in [9.17, 15) is 23.1 Å². The number of benzene rings is 2. The van der Waals surface area contributed by atoms with E-state index in [4.69, 9.17) is 16.1 Å². The summed E-state index contributed by atoms with van der Waals surface area (Å²) in [6, 6.07) is 9.06. The topological polar surface area (TPSA) is 66.6 Å². The molecule has 0 bridgehead atoms. The summed E-state index contributed by atoms with van der Waals surface area (Å²) < 4.78 is 45.7. The van der Waals surface area contributed by atoms with Crippen LogP contribution in [0.4, 0.5) is 13.2 Å². The molecule has 0 unspecified atom stereocenters. The molecule has 3 aromatic rings. The molecule has 9 heteroatoms. The van der Waals surface area contributed by atoms with Crippen LogP contribution in [0, 0.1) is 17.5 Å². The van der Waals surface area contributed by atoms with E-state index in [2.05, 4.69) is 5.16 Å². The molecule has 0 spiro atoms. The average molecular weight is 423 g/mol. The van der Waals surface area contributed by atoms with Crippen molar-refractivity contribution >= 4 is 17.5 Å². The van der Waals surface area contributed by atoms with Crippen molar-refractivity contribution in [1.82, 2.24) is 10.1 Å². The van der Waals surface area contributed by atoms with Crippen LogP contribution in [0.3, 0.4) is 0 Å². The lowest BCUT2D eigenvalue weighted by Crippen LogP contribution is -2.28. The Morgan fingerprint density at radius 3 is 2.62 bits per heavy atom. The number of likely N-dealkylation sites (tertiary alicyclic amines) is 1. The Morgan fingerprint density at radius 2 is 1.90 bits per heavy atom. The molecule has 1 amide bonds. The number of carbonyl (C=O) groups is 1. The van der Waals surface area contributed by atoms with E-state index in [1.54, 1.807) is 17.0 Å². The van der Waals surface area contributed by atoms with E-state index in [0.29, 0.717) is 24.2 Å². The second kappa shape index (κ2) is 7.44. The largest absolute Gasteiger partial charge is 0.503 e. The van der Waals surface area contributed by atoms with Crippen molar-refractivity contribution in [2.45, 2.75) is 12.3 Å². The normalized spacial score (nSPS) is 16.4. The average Bonchev–Trinajstić information content (AvgIpc) is 3.39. The minimum absolute atomic E-state index is 0.0969. The summed E-state index contributed by atoms with van der Waals surface area (Å²) in [6.45, 7) is 0.956. The van der Waals surface area contributed by atoms with Crippen LogP contribution in [0.1, 0.15) is 28.4 Å². The van der Waals surface area contributed by atoms with E-state index in [1.165, 1.54) is 0 Å². The maximum absolute atomic E-state index is 14.1. The van der Waals surface area contributed by atoms with Crippen LogP contribution in [-0.4, -0.2) is 34.2 Å². The first kappa shape index (κ1) is 19.3. The van der Waals surface area contributed by atoms with Gasteiger partial charge in [-0.25, -0.2) is 8.78 Å². The van der Waals surface area contributed by atoms with Crippen molar-refractivity contribution < 1.29 is 27.6 Å². The minimum atomic E-state index is -1.70. The van der Waals surface area contributed by atoms with E-state index in [0.717, 1.165) is 18.1 Å². The first-order valence-corrected chi connectivity index (χ1v) is 9.11. The van der Waals surface area contributed by atoms with Gasteiger partial charge in [0, 0.05) is 30.1 Å². The molecule has 1 aliphatic rings. The highest BCUT2D eigenvalue weighted by molar-refractivity contribution is 6.30. The molecule has 2 heterocycles. The van der Waals surface area contributed by atoms with E-state index >= 15 is 0 Å². The van der Waals surface area contributed by atoms with Crippen LogP contribution in [-0.2, 0) is 0 Å². The zero-order valence-electron chi connectivity index (χ0n) is 14.8. The van der Waals surface area contributed by atoms with E-state index < -0.39 is 34.7 Å². The van der Waals surface area contributed by atoms with Gasteiger partial charge in [0.15, 0.2) is 28.8 Å². The van der Waals surface area contributed by atoms with Gasteiger partial charge in [0.05, 0.1) is 5.56 Å². The van der Waals surface area contributed by atoms with Crippen molar-refractivity contribution in [1.29, 1.82) is 0 Å². The van der Waals surface area contributed by atoms with Crippen LogP contribution in [0.2, 0.25) is 5.02 Å². The molecule has 2 aromatic carbocycles. The molecule has 1 fully saturated rings. The molecular weight excluding hydrogens is 409 g/mol. The Morgan fingerprint density at radius 1 is 1.17 bits per heavy atom. The van der Waals surface area contributed by atoms with Crippen LogP contribution in [0.15, 0.2) is 40.9 Å². The predicted octanol–water partition coefficient (Wildman–Crippen LogP) is 4.75. The second-order valence-corrected chi connectivity index (χ2v) is 7.18. The highest BCUT2D eigenvalue weighted by Gasteiger charge is 2.30. The van der Waals surface area contributed by atoms with Crippen molar-refractivity contribution in [3.05, 3.63) is 70.1 Å². The summed E-state index contributed by atoms with van der Waals surface area (Å²) in [5.74, 6) is -6.60. The number of nitrogens with zero attached hydrogens (tertiary/aromatic N) is 2. The number of aromatic nitrogens is 1. The zero-order valence-corrected chi connectivity index (χ0v) is 15.6. The molecular formula is C20H14ClF3N2O3. The number of rotatable bonds is 3. The van der Waals surface area contributed by atoms with Crippen molar-refractivity contribution in [3.63, 3.8) is 0 Å². The third kappa shape index (κ3) is 3.55. The van der Waals surface area contributed by atoms with Crippen molar-refractivity contribution in [3.8, 4) is 17.1 Å². The van der Waals surface area contributed by atoms with Crippen molar-refractivity contribution in [2.75, 3.05) is 13.1 Å². The summed E-state index contributed by atoms with van der Waals surface area (Å²) in [4.78, 5) is 14.3. The van der Waals surface area contributed by atoms with Gasteiger partial charge in [-0.1, -0.05) is 28.9 Å². The van der Waals surface area contributed by atoms with Crippen LogP contribution >= 0.6 is 11.6 Å². The lowest BCUT2D eigenvalue weighted by atomic mass is 9.99. The molecule has 0 radical (unpaired) electrons. The first-order valence-electron chi connectivity index (χ1n) is 8.73. The van der Waals surface area contributed by atoms with Gasteiger partial charge >= 0.3 is 0 Å². The van der Waals surface area contributed by atoms with Gasteiger partial charge in [0.1, 0.15) is 0 Å². The number of amides is 1. The quantitative estimate of drug-likeness (QED) is 0.619. The summed E-state index contributed by atoms with van der Waals surface area (Å²) in [6.07, 6.45) is 0.754. The predicted molar refractivity (Wildman–Crippen MR) is 98.2 cm³/mol. The number of hydrogen-bond acceptors (Lipinski definition) is 4. The van der Waals surface area contributed by atoms with Crippen molar-refractivity contribution in [2.24, 2.45) is 0 Å². The Kier molecular flexibility index (Phi) is 4.96. The molecule has 150 valence electrons. The molecule has 29 heavy (non-hydrogen) atoms. The lowest BCUT2D eigenvalue weighted by Gasteiger charge is -2.15. The van der Waals surface area contributed by atoms with Gasteiger partial charge < -0.3 is 14.5 Å². The van der Waals surface area contributed by atoms with E-state index in [-0.39, 0.29) is 17.4 Å². The number of aromatic hydroxyl groups is 1. The minimum Gasteiger partial charge on any atom is -0.503 e. The number of phenolic OH excluding ortho intramolecular Hbond substituents is 1. The third-order valence-corrected chi connectivity index (χ3v) is 5.20. The molecule has 0 aliphatic carbocycles. The van der Waals surface area contributed by atoms with Gasteiger partial charge in [-0.05, 0) is 30.2 Å². The van der Waals surface area contributed by atoms with Gasteiger partial charge in [0.2, 0.25) is 5.82 Å². The fourth-order valence-electron chi connectivity index (χ4n) is 3.39. The maximum Gasteiger partial charge on any atom is 0.276 e. The van der Waals surface area contributed by atoms with Gasteiger partial charge in [-0.15, -0.1) is 0 Å². The summed E-state index contributed by atoms with van der Waals surface area (Å²) in [5, 5.41) is 13.6. The molecule has 1 atom stereocenters.